The van der Waals surface area contributed by atoms with Crippen LogP contribution >= 0.6 is 9.42 Å². The van der Waals surface area contributed by atoms with Crippen LogP contribution < -0.4 is 5.32 Å². The quantitative estimate of drug-likeness (QED) is 0.619. The van der Waals surface area contributed by atoms with Gasteiger partial charge in [-0.1, -0.05) is 6.07 Å². The average molecular weight is 394 g/mol. The molecule has 1 aromatic rings. The van der Waals surface area contributed by atoms with E-state index in [1.54, 1.807) is 31.9 Å². The van der Waals surface area contributed by atoms with Gasteiger partial charge in [-0.3, -0.25) is 6.29 Å². The van der Waals surface area contributed by atoms with Crippen LogP contribution in [0.1, 0.15) is 13.8 Å². The molecule has 0 bridgehead atoms. The van der Waals surface area contributed by atoms with Gasteiger partial charge in [-0.05, 0) is 19.1 Å². The molecule has 0 aromatic carbocycles. The molecule has 0 unspecified atom stereocenters. The number of pyridine rings is 1. The summed E-state index contributed by atoms with van der Waals surface area (Å²) in [6, 6.07) is 5.68. The Morgan fingerprint density at radius 2 is 2.14 bits per heavy atom. The number of carbonyl (C=O) groups excluding carboxylic acids is 1. The fourth-order valence-corrected chi connectivity index (χ4v) is 0.565. The Labute approximate surface area is 100 Å². The minimum atomic E-state index is 0.833. The van der Waals surface area contributed by atoms with Gasteiger partial charge in [0.25, 0.3) is 0 Å². The van der Waals surface area contributed by atoms with Gasteiger partial charge >= 0.3 is 28.2 Å². The van der Waals surface area contributed by atoms with Crippen molar-refractivity contribution in [3.63, 3.8) is 0 Å². The zero-order chi connectivity index (χ0) is 11.2. The van der Waals surface area contributed by atoms with Gasteiger partial charge in [0, 0.05) is 6.20 Å². The number of nitrogens with one attached hydrogen (secondary N) is 1. The Morgan fingerprint density at radius 1 is 1.57 bits per heavy atom. The molecule has 80 valence electrons. The van der Waals surface area contributed by atoms with Crippen molar-refractivity contribution >= 4 is 21.5 Å². The molecule has 0 aliphatic rings. The Bertz CT molecular complexity index is 209. The zero-order valence-corrected chi connectivity index (χ0v) is 10.9. The van der Waals surface area contributed by atoms with E-state index in [1.165, 1.54) is 13.2 Å². The average Bonchev–Trinajstić information content (AvgIpc) is 2.24. The van der Waals surface area contributed by atoms with Crippen molar-refractivity contribution in [1.29, 1.82) is 0 Å². The van der Waals surface area contributed by atoms with Crippen molar-refractivity contribution < 1.29 is 23.6 Å². The van der Waals surface area contributed by atoms with Gasteiger partial charge in [-0.25, -0.2) is 4.98 Å². The van der Waals surface area contributed by atoms with Gasteiger partial charge in [-0.2, -0.15) is 6.92 Å². The third-order valence-corrected chi connectivity index (χ3v) is 0.918. The summed E-state index contributed by atoms with van der Waals surface area (Å²) in [5.74, 6) is 0.833. The van der Waals surface area contributed by atoms with Crippen LogP contribution in [0.5, 0.6) is 0 Å². The van der Waals surface area contributed by atoms with Crippen molar-refractivity contribution in [3.05, 3.63) is 30.9 Å². The van der Waals surface area contributed by atoms with Gasteiger partial charge < -0.3 is 10.1 Å². The minimum absolute atomic E-state index is 0.833. The number of nitrogens with zero attached hydrogens (tertiary/aromatic N) is 1. The third-order valence-electron chi connectivity index (χ3n) is 0.918. The van der Waals surface area contributed by atoms with Crippen LogP contribution in [-0.2, 0) is 23.6 Å². The first kappa shape index (κ1) is 16.0. The molecule has 1 N–H and O–H groups in total. The Hall–Kier alpha value is -0.402. The normalized spacial score (nSPS) is 7.21. The number of anilines is 1. The molecule has 0 spiro atoms. The molecule has 0 fully saturated rings. The summed E-state index contributed by atoms with van der Waals surface area (Å²) in [4.78, 5) is 12.7. The van der Waals surface area contributed by atoms with Crippen LogP contribution in [-0.4, -0.2) is 11.3 Å². The van der Waals surface area contributed by atoms with Gasteiger partial charge in [0.15, 0.2) is 0 Å². The number of hydrogen-bond acceptors (Lipinski definition) is 3. The fourth-order valence-electron chi connectivity index (χ4n) is 0.565. The Morgan fingerprint density at radius 3 is 2.50 bits per heavy atom. The van der Waals surface area contributed by atoms with Gasteiger partial charge in [-0.15, -0.1) is 0 Å². The van der Waals surface area contributed by atoms with Crippen LogP contribution in [0.25, 0.3) is 0 Å². The zero-order valence-electron chi connectivity index (χ0n) is 7.86. The van der Waals surface area contributed by atoms with Gasteiger partial charge in [0.1, 0.15) is 5.82 Å². The molecule has 1 heterocycles. The summed E-state index contributed by atoms with van der Waals surface area (Å²) in [6.07, 6.45) is 3.24. The van der Waals surface area contributed by atoms with Crippen LogP contribution in [0, 0.1) is 6.54 Å². The summed E-state index contributed by atoms with van der Waals surface area (Å²) >= 11 is 1.61. The standard InChI is InChI=1S/C7H8N2.C2H3O.ClH.Pt/c1-2-8-7-5-3-4-6-9-7;1-2-3;;/h3-6H,1H3,(H,8,9);1H3;1H;/q;-1;;+2/p-1. The van der Waals surface area contributed by atoms with E-state index >= 15 is 0 Å². The summed E-state index contributed by atoms with van der Waals surface area (Å²) in [6.45, 7) is 5.89. The van der Waals surface area contributed by atoms with Crippen molar-refractivity contribution in [2.24, 2.45) is 0 Å². The molecule has 0 amide bonds. The maximum atomic E-state index is 8.68. The second-order valence-corrected chi connectivity index (χ2v) is 1.79. The maximum absolute atomic E-state index is 8.68. The van der Waals surface area contributed by atoms with Crippen LogP contribution in [0.2, 0.25) is 0 Å². The predicted octanol–water partition coefficient (Wildman–Crippen LogP) is 2.36. The summed E-state index contributed by atoms with van der Waals surface area (Å²) in [5.41, 5.74) is 0. The first-order valence-electron chi connectivity index (χ1n) is 3.59. The molecule has 1 rings (SSSR count). The second kappa shape index (κ2) is 15.1. The summed E-state index contributed by atoms with van der Waals surface area (Å²) < 4.78 is 0. The van der Waals surface area contributed by atoms with E-state index in [-0.39, 0.29) is 0 Å². The van der Waals surface area contributed by atoms with E-state index in [4.69, 9.17) is 4.79 Å². The van der Waals surface area contributed by atoms with Gasteiger partial charge in [0.2, 0.25) is 0 Å². The van der Waals surface area contributed by atoms with Gasteiger partial charge in [0.05, 0.1) is 6.54 Å². The summed E-state index contributed by atoms with van der Waals surface area (Å²) in [7, 11) is 4.61. The Balaban J connectivity index is 0. The summed E-state index contributed by atoms with van der Waals surface area (Å²) in [5, 5.41) is 2.85. The fraction of sp³-hybridized carbons (Fsp3) is 0.222. The molecule has 0 aliphatic carbocycles. The molecule has 1 aromatic heterocycles. The third kappa shape index (κ3) is 11.6. The molecule has 0 atom stereocenters. The van der Waals surface area contributed by atoms with Crippen LogP contribution in [0.4, 0.5) is 5.82 Å². The molecular formula is C9H11ClN2OPt. The molecule has 5 heteroatoms. The molecule has 14 heavy (non-hydrogen) atoms. The van der Waals surface area contributed by atoms with Crippen molar-refractivity contribution in [3.8, 4) is 0 Å². The molecular weight excluding hydrogens is 383 g/mol. The number of rotatable bonds is 2. The van der Waals surface area contributed by atoms with E-state index in [1.807, 2.05) is 18.2 Å². The van der Waals surface area contributed by atoms with Crippen LogP contribution in [0.3, 0.4) is 0 Å². The van der Waals surface area contributed by atoms with E-state index in [2.05, 4.69) is 26.3 Å². The van der Waals surface area contributed by atoms with E-state index in [0.29, 0.717) is 0 Å². The Kier molecular flexibility index (Phi) is 17.3. The van der Waals surface area contributed by atoms with Crippen molar-refractivity contribution in [2.75, 3.05) is 5.32 Å². The van der Waals surface area contributed by atoms with Crippen molar-refractivity contribution in [2.45, 2.75) is 13.8 Å². The van der Waals surface area contributed by atoms with E-state index < -0.39 is 0 Å². The number of aromatic nitrogens is 1. The van der Waals surface area contributed by atoms with Crippen LogP contribution in [0.15, 0.2) is 24.4 Å². The SMILES string of the molecule is C[C-]=O.C[C]Nc1ccccn1.[Cl][Pt+]. The van der Waals surface area contributed by atoms with E-state index in [0.717, 1.165) is 5.82 Å². The first-order chi connectivity index (χ1) is 6.85. The molecule has 0 saturated heterocycles. The van der Waals surface area contributed by atoms with Crippen molar-refractivity contribution in [1.82, 2.24) is 4.98 Å². The second-order valence-electron chi connectivity index (χ2n) is 1.79. The molecule has 2 radical (unpaired) electrons. The molecule has 3 nitrogen and oxygen atoms in total. The number of hydrogen-bond donors (Lipinski definition) is 1. The monoisotopic (exact) mass is 393 g/mol. The topological polar surface area (TPSA) is 42.0 Å². The molecule has 0 saturated carbocycles. The predicted molar refractivity (Wildman–Crippen MR) is 54.0 cm³/mol. The number of halogens is 1. The first-order valence-corrected chi connectivity index (χ1v) is 6.41. The molecule has 0 aliphatic heterocycles. The van der Waals surface area contributed by atoms with E-state index in [9.17, 15) is 0 Å².